The average Bonchev–Trinajstić information content (AvgIpc) is 3.09. The third kappa shape index (κ3) is 3.63. The van der Waals surface area contributed by atoms with Gasteiger partial charge in [0.1, 0.15) is 5.82 Å². The van der Waals surface area contributed by atoms with Crippen molar-refractivity contribution in [1.29, 1.82) is 0 Å². The highest BCUT2D eigenvalue weighted by molar-refractivity contribution is 5.53. The Balaban J connectivity index is 2.10. The highest BCUT2D eigenvalue weighted by Gasteiger charge is 2.21. The van der Waals surface area contributed by atoms with Crippen molar-refractivity contribution in [2.75, 3.05) is 18.5 Å². The third-order valence-corrected chi connectivity index (χ3v) is 3.02. The van der Waals surface area contributed by atoms with E-state index in [1.165, 1.54) is 17.0 Å². The number of benzene rings is 1. The van der Waals surface area contributed by atoms with E-state index < -0.39 is 6.43 Å². The maximum absolute atomic E-state index is 13.2. The van der Waals surface area contributed by atoms with E-state index in [1.54, 1.807) is 13.1 Å². The first kappa shape index (κ1) is 13.2. The van der Waals surface area contributed by atoms with Crippen molar-refractivity contribution in [2.24, 2.45) is 0 Å². The Kier molecular flexibility index (Phi) is 4.11. The van der Waals surface area contributed by atoms with Crippen LogP contribution in [0.4, 0.5) is 18.9 Å². The standard InChI is InChI=1S/C13H17F3N2/c1-18(8-13(15)16)12-5-2-10(14)6-9(12)7-17-11-3-4-11/h2,5-6,11,13,17H,3-4,7-8H2,1H3. The van der Waals surface area contributed by atoms with Crippen molar-refractivity contribution < 1.29 is 13.2 Å². The fourth-order valence-corrected chi connectivity index (χ4v) is 1.92. The molecule has 1 aromatic carbocycles. The van der Waals surface area contributed by atoms with Crippen LogP contribution in [-0.4, -0.2) is 26.1 Å². The minimum absolute atomic E-state index is 0.336. The lowest BCUT2D eigenvalue weighted by atomic mass is 10.1. The molecule has 1 N–H and O–H groups in total. The fraction of sp³-hybridized carbons (Fsp3) is 0.538. The van der Waals surface area contributed by atoms with Gasteiger partial charge in [0.2, 0.25) is 0 Å². The summed E-state index contributed by atoms with van der Waals surface area (Å²) >= 11 is 0. The number of rotatable bonds is 6. The van der Waals surface area contributed by atoms with Gasteiger partial charge in [0.05, 0.1) is 6.54 Å². The van der Waals surface area contributed by atoms with E-state index in [-0.39, 0.29) is 12.4 Å². The van der Waals surface area contributed by atoms with Gasteiger partial charge in [0.15, 0.2) is 0 Å². The molecular weight excluding hydrogens is 241 g/mol. The van der Waals surface area contributed by atoms with Crippen molar-refractivity contribution >= 4 is 5.69 Å². The SMILES string of the molecule is CN(CC(F)F)c1ccc(F)cc1CNC1CC1. The second kappa shape index (κ2) is 5.61. The molecule has 2 nitrogen and oxygen atoms in total. The van der Waals surface area contributed by atoms with E-state index in [1.807, 2.05) is 0 Å². The van der Waals surface area contributed by atoms with Gasteiger partial charge in [0.25, 0.3) is 6.43 Å². The van der Waals surface area contributed by atoms with Crippen LogP contribution in [0.3, 0.4) is 0 Å². The molecule has 1 fully saturated rings. The minimum Gasteiger partial charge on any atom is -0.369 e. The number of nitrogens with one attached hydrogen (secondary N) is 1. The molecule has 0 atom stereocenters. The van der Waals surface area contributed by atoms with Crippen LogP contribution in [0.15, 0.2) is 18.2 Å². The molecule has 0 saturated heterocycles. The Hall–Kier alpha value is -1.23. The van der Waals surface area contributed by atoms with Gasteiger partial charge < -0.3 is 10.2 Å². The predicted octanol–water partition coefficient (Wildman–Crippen LogP) is 2.78. The zero-order chi connectivity index (χ0) is 13.1. The lowest BCUT2D eigenvalue weighted by molar-refractivity contribution is 0.156. The van der Waals surface area contributed by atoms with Gasteiger partial charge in [-0.3, -0.25) is 0 Å². The summed E-state index contributed by atoms with van der Waals surface area (Å²) in [5.41, 5.74) is 1.38. The van der Waals surface area contributed by atoms with Gasteiger partial charge in [-0.1, -0.05) is 0 Å². The lowest BCUT2D eigenvalue weighted by Crippen LogP contribution is -2.26. The Bertz CT molecular complexity index is 405. The topological polar surface area (TPSA) is 15.3 Å². The van der Waals surface area contributed by atoms with Crippen LogP contribution < -0.4 is 10.2 Å². The Morgan fingerprint density at radius 3 is 2.72 bits per heavy atom. The Labute approximate surface area is 105 Å². The van der Waals surface area contributed by atoms with Crippen LogP contribution in [-0.2, 0) is 6.54 Å². The van der Waals surface area contributed by atoms with Crippen molar-refractivity contribution in [2.45, 2.75) is 31.9 Å². The number of nitrogens with zero attached hydrogens (tertiary/aromatic N) is 1. The molecule has 18 heavy (non-hydrogen) atoms. The zero-order valence-corrected chi connectivity index (χ0v) is 10.3. The number of halogens is 3. The summed E-state index contributed by atoms with van der Waals surface area (Å²) in [6.07, 6.45) is -0.126. The van der Waals surface area contributed by atoms with Gasteiger partial charge in [-0.2, -0.15) is 0 Å². The molecule has 1 saturated carbocycles. The first-order valence-electron chi connectivity index (χ1n) is 6.07. The van der Waals surface area contributed by atoms with Gasteiger partial charge in [-0.25, -0.2) is 13.2 Å². The van der Waals surface area contributed by atoms with Crippen LogP contribution in [0.1, 0.15) is 18.4 Å². The molecule has 100 valence electrons. The molecule has 2 rings (SSSR count). The quantitative estimate of drug-likeness (QED) is 0.844. The smallest absolute Gasteiger partial charge is 0.255 e. The second-order valence-corrected chi connectivity index (χ2v) is 4.70. The predicted molar refractivity (Wildman–Crippen MR) is 65.5 cm³/mol. The molecule has 0 bridgehead atoms. The van der Waals surface area contributed by atoms with Gasteiger partial charge in [-0.05, 0) is 36.6 Å². The molecule has 0 aromatic heterocycles. The summed E-state index contributed by atoms with van der Waals surface area (Å²) < 4.78 is 38.0. The fourth-order valence-electron chi connectivity index (χ4n) is 1.92. The molecule has 0 aliphatic heterocycles. The maximum atomic E-state index is 13.2. The molecule has 0 radical (unpaired) electrons. The van der Waals surface area contributed by atoms with Crippen LogP contribution >= 0.6 is 0 Å². The Morgan fingerprint density at radius 1 is 1.39 bits per heavy atom. The molecule has 0 heterocycles. The zero-order valence-electron chi connectivity index (χ0n) is 10.3. The molecule has 5 heteroatoms. The highest BCUT2D eigenvalue weighted by Crippen LogP contribution is 2.24. The van der Waals surface area contributed by atoms with Crippen LogP contribution in [0.2, 0.25) is 0 Å². The molecule has 0 unspecified atom stereocenters. The van der Waals surface area contributed by atoms with E-state index in [9.17, 15) is 13.2 Å². The maximum Gasteiger partial charge on any atom is 0.255 e. The largest absolute Gasteiger partial charge is 0.369 e. The van der Waals surface area contributed by atoms with Crippen molar-refractivity contribution in [3.63, 3.8) is 0 Å². The first-order chi connectivity index (χ1) is 8.56. The molecule has 1 aliphatic rings. The molecule has 0 spiro atoms. The van der Waals surface area contributed by atoms with Crippen molar-refractivity contribution in [3.05, 3.63) is 29.6 Å². The molecule has 1 aliphatic carbocycles. The summed E-state index contributed by atoms with van der Waals surface area (Å²) in [5.74, 6) is -0.336. The van der Waals surface area contributed by atoms with Crippen LogP contribution in [0.5, 0.6) is 0 Å². The Morgan fingerprint density at radius 2 is 2.11 bits per heavy atom. The monoisotopic (exact) mass is 258 g/mol. The first-order valence-corrected chi connectivity index (χ1v) is 6.07. The average molecular weight is 258 g/mol. The number of hydrogen-bond donors (Lipinski definition) is 1. The normalized spacial score (nSPS) is 15.2. The summed E-state index contributed by atoms with van der Waals surface area (Å²) in [4.78, 5) is 1.47. The number of alkyl halides is 2. The lowest BCUT2D eigenvalue weighted by Gasteiger charge is -2.22. The van der Waals surface area contributed by atoms with Crippen molar-refractivity contribution in [1.82, 2.24) is 5.32 Å². The van der Waals surface area contributed by atoms with Crippen molar-refractivity contribution in [3.8, 4) is 0 Å². The molecule has 1 aromatic rings. The van der Waals surface area contributed by atoms with Gasteiger partial charge in [0, 0.05) is 25.3 Å². The molecule has 0 amide bonds. The van der Waals surface area contributed by atoms with E-state index >= 15 is 0 Å². The van der Waals surface area contributed by atoms with E-state index in [4.69, 9.17) is 0 Å². The summed E-state index contributed by atoms with van der Waals surface area (Å²) in [5, 5.41) is 3.27. The summed E-state index contributed by atoms with van der Waals surface area (Å²) in [6, 6.07) is 4.77. The molecular formula is C13H17F3N2. The van der Waals surface area contributed by atoms with Gasteiger partial charge >= 0.3 is 0 Å². The second-order valence-electron chi connectivity index (χ2n) is 4.70. The number of anilines is 1. The van der Waals surface area contributed by atoms with Crippen LogP contribution in [0, 0.1) is 5.82 Å². The highest BCUT2D eigenvalue weighted by atomic mass is 19.3. The van der Waals surface area contributed by atoms with Gasteiger partial charge in [-0.15, -0.1) is 0 Å². The van der Waals surface area contributed by atoms with Crippen LogP contribution in [0.25, 0.3) is 0 Å². The van der Waals surface area contributed by atoms with E-state index in [0.29, 0.717) is 18.3 Å². The summed E-state index contributed by atoms with van der Waals surface area (Å²) in [7, 11) is 1.60. The minimum atomic E-state index is -2.40. The van der Waals surface area contributed by atoms with E-state index in [0.717, 1.165) is 18.4 Å². The third-order valence-electron chi connectivity index (χ3n) is 3.02. The summed E-state index contributed by atoms with van der Waals surface area (Å²) in [6.45, 7) is 0.174. The number of hydrogen-bond acceptors (Lipinski definition) is 2. The van der Waals surface area contributed by atoms with E-state index in [2.05, 4.69) is 5.32 Å².